The van der Waals surface area contributed by atoms with Gasteiger partial charge >= 0.3 is 0 Å². The Morgan fingerprint density at radius 2 is 2.00 bits per heavy atom. The van der Waals surface area contributed by atoms with Crippen molar-refractivity contribution in [1.82, 2.24) is 5.32 Å². The summed E-state index contributed by atoms with van der Waals surface area (Å²) in [5, 5.41) is 2.60. The topological polar surface area (TPSA) is 81.7 Å². The van der Waals surface area contributed by atoms with Crippen LogP contribution in [0.5, 0.6) is 5.75 Å². The third-order valence-electron chi connectivity index (χ3n) is 2.32. The molecule has 0 spiro atoms. The molecule has 9 heteroatoms. The van der Waals surface area contributed by atoms with Gasteiger partial charge < -0.3 is 14.8 Å². The Hall–Kier alpha value is -1.02. The Kier molecular flexibility index (Phi) is 6.07. The summed E-state index contributed by atoms with van der Waals surface area (Å²) in [7, 11) is 3.94. The van der Waals surface area contributed by atoms with Gasteiger partial charge in [-0.1, -0.05) is 11.6 Å². The van der Waals surface area contributed by atoms with Crippen LogP contribution in [0, 0.1) is 0 Å². The van der Waals surface area contributed by atoms with Crippen molar-refractivity contribution in [3.8, 4) is 5.75 Å². The fourth-order valence-electron chi connectivity index (χ4n) is 1.49. The molecule has 0 saturated heterocycles. The molecule has 0 bridgehead atoms. The Morgan fingerprint density at radius 3 is 2.50 bits per heavy atom. The van der Waals surface area contributed by atoms with Crippen LogP contribution in [-0.4, -0.2) is 41.7 Å². The maximum absolute atomic E-state index is 12.0. The molecular weight excluding hydrogens is 329 g/mol. The van der Waals surface area contributed by atoms with Gasteiger partial charge in [-0.05, 0) is 12.1 Å². The molecule has 1 rings (SSSR count). The van der Waals surface area contributed by atoms with Gasteiger partial charge in [0.1, 0.15) is 4.90 Å². The van der Waals surface area contributed by atoms with Crippen LogP contribution in [0.2, 0.25) is 5.02 Å². The van der Waals surface area contributed by atoms with Crippen LogP contribution in [-0.2, 0) is 13.8 Å². The van der Waals surface area contributed by atoms with Gasteiger partial charge in [-0.25, -0.2) is 8.42 Å². The molecule has 1 aromatic carbocycles. The second-order valence-corrected chi connectivity index (χ2v) is 6.64. The number of carbonyl (C=O) groups is 1. The second kappa shape index (κ2) is 7.12. The van der Waals surface area contributed by atoms with E-state index in [0.29, 0.717) is 6.61 Å². The van der Waals surface area contributed by atoms with Crippen LogP contribution < -0.4 is 10.1 Å². The van der Waals surface area contributed by atoms with Crippen molar-refractivity contribution < 1.29 is 22.7 Å². The molecule has 0 heterocycles. The first-order chi connectivity index (χ1) is 9.31. The molecular formula is C11H13Cl2NO5S. The molecule has 20 heavy (non-hydrogen) atoms. The molecule has 0 saturated carbocycles. The Morgan fingerprint density at radius 1 is 1.35 bits per heavy atom. The van der Waals surface area contributed by atoms with E-state index in [1.807, 2.05) is 0 Å². The van der Waals surface area contributed by atoms with Gasteiger partial charge in [-0.3, -0.25) is 4.79 Å². The molecule has 112 valence electrons. The van der Waals surface area contributed by atoms with E-state index in [-0.39, 0.29) is 27.8 Å². The van der Waals surface area contributed by atoms with Gasteiger partial charge in [0, 0.05) is 29.4 Å². The summed E-state index contributed by atoms with van der Waals surface area (Å²) in [5.74, 6) is -0.692. The Labute approximate surface area is 126 Å². The highest BCUT2D eigenvalue weighted by molar-refractivity contribution is 8.13. The summed E-state index contributed by atoms with van der Waals surface area (Å²) in [5.41, 5.74) is -0.0182. The van der Waals surface area contributed by atoms with Crippen molar-refractivity contribution in [2.24, 2.45) is 0 Å². The average molecular weight is 342 g/mol. The van der Waals surface area contributed by atoms with Crippen LogP contribution in [0.25, 0.3) is 0 Å². The van der Waals surface area contributed by atoms with Gasteiger partial charge in [0.25, 0.3) is 15.0 Å². The lowest BCUT2D eigenvalue weighted by atomic mass is 10.2. The maximum Gasteiger partial charge on any atom is 0.265 e. The zero-order valence-corrected chi connectivity index (χ0v) is 13.1. The van der Waals surface area contributed by atoms with Gasteiger partial charge in [0.2, 0.25) is 0 Å². The monoisotopic (exact) mass is 341 g/mol. The van der Waals surface area contributed by atoms with Crippen molar-refractivity contribution in [2.45, 2.75) is 4.90 Å². The number of carbonyl (C=O) groups excluding carboxylic acids is 1. The molecule has 0 unspecified atom stereocenters. The minimum Gasteiger partial charge on any atom is -0.494 e. The molecule has 0 radical (unpaired) electrons. The highest BCUT2D eigenvalue weighted by atomic mass is 35.7. The fraction of sp³-hybridized carbons (Fsp3) is 0.364. The molecule has 0 aliphatic rings. The molecule has 0 aliphatic heterocycles. The summed E-state index contributed by atoms with van der Waals surface area (Å²) < 4.78 is 32.7. The minimum atomic E-state index is -4.09. The van der Waals surface area contributed by atoms with Gasteiger partial charge in [0.15, 0.2) is 5.75 Å². The zero-order chi connectivity index (χ0) is 15.3. The molecule has 0 aromatic heterocycles. The van der Waals surface area contributed by atoms with Crippen molar-refractivity contribution in [3.05, 3.63) is 22.7 Å². The SMILES string of the molecule is COCCNC(=O)c1cc(Cl)cc(S(=O)(=O)Cl)c1OC. The molecule has 0 fully saturated rings. The first-order valence-electron chi connectivity index (χ1n) is 5.40. The third-order valence-corrected chi connectivity index (χ3v) is 3.87. The number of rotatable bonds is 6. The van der Waals surface area contributed by atoms with Crippen molar-refractivity contribution in [3.63, 3.8) is 0 Å². The lowest BCUT2D eigenvalue weighted by Gasteiger charge is -2.12. The van der Waals surface area contributed by atoms with Crippen LogP contribution in [0.3, 0.4) is 0 Å². The van der Waals surface area contributed by atoms with Gasteiger partial charge in [-0.15, -0.1) is 0 Å². The molecule has 6 nitrogen and oxygen atoms in total. The van der Waals surface area contributed by atoms with E-state index < -0.39 is 15.0 Å². The highest BCUT2D eigenvalue weighted by Gasteiger charge is 2.24. The smallest absolute Gasteiger partial charge is 0.265 e. The van der Waals surface area contributed by atoms with Crippen LogP contribution in [0.1, 0.15) is 10.4 Å². The summed E-state index contributed by atoms with van der Waals surface area (Å²) in [6, 6.07) is 2.42. The average Bonchev–Trinajstić information content (AvgIpc) is 2.36. The number of ether oxygens (including phenoxy) is 2. The van der Waals surface area contributed by atoms with Gasteiger partial charge in [-0.2, -0.15) is 0 Å². The largest absolute Gasteiger partial charge is 0.494 e. The highest BCUT2D eigenvalue weighted by Crippen LogP contribution is 2.33. The molecule has 0 atom stereocenters. The lowest BCUT2D eigenvalue weighted by molar-refractivity contribution is 0.0933. The second-order valence-electron chi connectivity index (χ2n) is 3.67. The van der Waals surface area contributed by atoms with Crippen molar-refractivity contribution in [1.29, 1.82) is 0 Å². The molecule has 1 amide bonds. The number of hydrogen-bond donors (Lipinski definition) is 1. The molecule has 1 aromatic rings. The predicted octanol–water partition coefficient (Wildman–Crippen LogP) is 1.65. The lowest BCUT2D eigenvalue weighted by Crippen LogP contribution is -2.27. The molecule has 0 aliphatic carbocycles. The van der Waals surface area contributed by atoms with E-state index in [9.17, 15) is 13.2 Å². The number of nitrogens with one attached hydrogen (secondary N) is 1. The number of hydrogen-bond acceptors (Lipinski definition) is 5. The molecule has 1 N–H and O–H groups in total. The van der Waals surface area contributed by atoms with Crippen molar-refractivity contribution >= 4 is 37.2 Å². The summed E-state index contributed by atoms with van der Waals surface area (Å²) in [6.07, 6.45) is 0. The summed E-state index contributed by atoms with van der Waals surface area (Å²) in [4.78, 5) is 11.6. The zero-order valence-electron chi connectivity index (χ0n) is 10.8. The number of benzene rings is 1. The van der Waals surface area contributed by atoms with E-state index >= 15 is 0 Å². The Balaban J connectivity index is 3.26. The number of amides is 1. The standard InChI is InChI=1S/C11H13Cl2NO5S/c1-18-4-3-14-11(15)8-5-7(12)6-9(10(8)19-2)20(13,16)17/h5-6H,3-4H2,1-2H3,(H,14,15). The number of halogens is 2. The summed E-state index contributed by atoms with van der Waals surface area (Å²) >= 11 is 5.81. The fourth-order valence-corrected chi connectivity index (χ4v) is 2.80. The quantitative estimate of drug-likeness (QED) is 0.628. The van der Waals surface area contributed by atoms with Crippen LogP contribution in [0.15, 0.2) is 17.0 Å². The Bertz CT molecular complexity index is 603. The van der Waals surface area contributed by atoms with E-state index in [4.69, 9.17) is 31.8 Å². The van der Waals surface area contributed by atoms with E-state index in [1.54, 1.807) is 0 Å². The van der Waals surface area contributed by atoms with Crippen molar-refractivity contribution in [2.75, 3.05) is 27.4 Å². The van der Waals surface area contributed by atoms with E-state index in [2.05, 4.69) is 5.32 Å². The predicted molar refractivity (Wildman–Crippen MR) is 75.3 cm³/mol. The van der Waals surface area contributed by atoms with Crippen LogP contribution >= 0.6 is 22.3 Å². The van der Waals surface area contributed by atoms with E-state index in [1.165, 1.54) is 20.3 Å². The minimum absolute atomic E-state index is 0.0182. The van der Waals surface area contributed by atoms with E-state index in [0.717, 1.165) is 6.07 Å². The first-order valence-corrected chi connectivity index (χ1v) is 8.09. The first kappa shape index (κ1) is 17.0. The third kappa shape index (κ3) is 4.24. The maximum atomic E-state index is 12.0. The normalized spacial score (nSPS) is 11.2. The van der Waals surface area contributed by atoms with Gasteiger partial charge in [0.05, 0.1) is 19.3 Å². The number of methoxy groups -OCH3 is 2. The van der Waals surface area contributed by atoms with Crippen LogP contribution in [0.4, 0.5) is 0 Å². The summed E-state index contributed by atoms with van der Waals surface area (Å²) in [6.45, 7) is 0.573.